The van der Waals surface area contributed by atoms with Crippen molar-refractivity contribution in [2.75, 3.05) is 75.5 Å². The van der Waals surface area contributed by atoms with E-state index in [9.17, 15) is 28.8 Å². The van der Waals surface area contributed by atoms with E-state index in [1.54, 1.807) is 78.3 Å². The lowest BCUT2D eigenvalue weighted by Crippen LogP contribution is -2.31. The van der Waals surface area contributed by atoms with Crippen molar-refractivity contribution in [2.45, 2.75) is 58.9 Å². The first kappa shape index (κ1) is 59.6. The maximum atomic E-state index is 13.6. The van der Waals surface area contributed by atoms with E-state index >= 15 is 0 Å². The summed E-state index contributed by atoms with van der Waals surface area (Å²) in [7, 11) is 6.99. The predicted octanol–water partition coefficient (Wildman–Crippen LogP) is 5.69. The molecule has 24 nitrogen and oxygen atoms in total. The molecular weight excluding hydrogens is 1090 g/mol. The molecule has 6 heterocycles. The van der Waals surface area contributed by atoms with Crippen LogP contribution in [0.1, 0.15) is 103 Å². The molecule has 1 aliphatic heterocycles. The summed E-state index contributed by atoms with van der Waals surface area (Å²) in [5.41, 5.74) is 5.08. The number of aromatic nitrogens is 8. The van der Waals surface area contributed by atoms with Crippen molar-refractivity contribution in [1.29, 1.82) is 0 Å². The Morgan fingerprint density at radius 3 is 2.18 bits per heavy atom. The van der Waals surface area contributed by atoms with Crippen LogP contribution >= 0.6 is 22.9 Å². The number of hydrogen-bond donors (Lipinski definition) is 6. The van der Waals surface area contributed by atoms with Crippen LogP contribution in [0.3, 0.4) is 0 Å². The highest BCUT2D eigenvalue weighted by Crippen LogP contribution is 2.40. The average molecular weight is 1160 g/mol. The van der Waals surface area contributed by atoms with Crippen LogP contribution in [0.25, 0.3) is 5.00 Å². The third kappa shape index (κ3) is 15.5. The quantitative estimate of drug-likeness (QED) is 0.0338. The van der Waals surface area contributed by atoms with Crippen LogP contribution in [0, 0.1) is 20.8 Å². The Kier molecular flexibility index (Phi) is 20.2. The third-order valence-electron chi connectivity index (χ3n) is 13.4. The minimum atomic E-state index is -0.602. The predicted molar refractivity (Wildman–Crippen MR) is 311 cm³/mol. The topological polar surface area (TPSA) is 280 Å². The van der Waals surface area contributed by atoms with Crippen LogP contribution in [0.2, 0.25) is 5.02 Å². The van der Waals surface area contributed by atoms with Crippen LogP contribution in [0.15, 0.2) is 84.4 Å². The standard InChI is InChI=1S/C56H67ClN16O8S/c1-34-35(2)82-56-48(34)49(37-10-12-38(57)13-11-37)64-42(50-68-67-36(3)73(50)56)31-47(76)62-39-14-16-41(17-15-39)81-29-28-80-27-19-45(74)58-20-8-24-69(4)25-9-21-60-54(78)52-66-44(33-72(52)7)65-46(75)18-22-61-53(77)43-30-40(32-71(43)6)63-55(79)51-59-23-26-70(51)5/h10-17,23,26,30,32-33,42H,8-9,18-22,24-25,27-29,31H2,1-7H3,(H,58,74)(H,60,78)(H,61,77)(H,62,76)(H,63,79)(H,65,75)/t42-/m0/s1. The SMILES string of the molecule is Cc1sc2c(c1C)C(c1ccc(Cl)cc1)=N[C@@H](CC(=O)Nc1ccc(OCCOCCC(=O)NCCCN(C)CCCNC(=O)c3nc(NC(=O)CCNC(=O)c4cc(NC(=O)c5nccn5C)cn4C)cn3C)cc1)c1nnc(C)n1-2. The minimum Gasteiger partial charge on any atom is -0.491 e. The zero-order chi connectivity index (χ0) is 58.5. The molecule has 0 saturated heterocycles. The number of carbonyl (C=O) groups is 6. The number of thiophene rings is 1. The van der Waals surface area contributed by atoms with Crippen LogP contribution in [-0.2, 0) is 40.3 Å². The van der Waals surface area contributed by atoms with E-state index in [0.717, 1.165) is 45.2 Å². The van der Waals surface area contributed by atoms with Gasteiger partial charge in [-0.05, 0) is 102 Å². The fourth-order valence-electron chi connectivity index (χ4n) is 9.00. The van der Waals surface area contributed by atoms with E-state index in [-0.39, 0.29) is 86.5 Å². The van der Waals surface area contributed by atoms with Crippen molar-refractivity contribution in [3.05, 3.63) is 135 Å². The number of benzene rings is 2. The highest BCUT2D eigenvalue weighted by atomic mass is 35.5. The van der Waals surface area contributed by atoms with Gasteiger partial charge in [0.25, 0.3) is 17.7 Å². The summed E-state index contributed by atoms with van der Waals surface area (Å²) in [6, 6.07) is 15.6. The van der Waals surface area contributed by atoms with Crippen molar-refractivity contribution >= 4 is 81.3 Å². The number of anilines is 3. The highest BCUT2D eigenvalue weighted by Gasteiger charge is 2.33. The van der Waals surface area contributed by atoms with Crippen molar-refractivity contribution in [1.82, 2.24) is 59.3 Å². The van der Waals surface area contributed by atoms with Gasteiger partial charge >= 0.3 is 0 Å². The maximum absolute atomic E-state index is 13.6. The third-order valence-corrected chi connectivity index (χ3v) is 14.8. The lowest BCUT2D eigenvalue weighted by molar-refractivity contribution is -0.122. The van der Waals surface area contributed by atoms with Gasteiger partial charge in [0.15, 0.2) is 17.5 Å². The minimum absolute atomic E-state index is 0.0352. The average Bonchev–Trinajstić information content (AvgIpc) is 3.91. The summed E-state index contributed by atoms with van der Waals surface area (Å²) in [6.45, 7) is 9.28. The normalized spacial score (nSPS) is 12.7. The van der Waals surface area contributed by atoms with E-state index in [0.29, 0.717) is 59.9 Å². The summed E-state index contributed by atoms with van der Waals surface area (Å²) in [4.78, 5) is 93.7. The second kappa shape index (κ2) is 27.8. The van der Waals surface area contributed by atoms with Crippen LogP contribution in [-0.4, -0.2) is 144 Å². The molecule has 1 atom stereocenters. The Hall–Kier alpha value is -8.52. The first-order valence-electron chi connectivity index (χ1n) is 26.7. The molecule has 0 radical (unpaired) electrons. The Labute approximate surface area is 483 Å². The number of nitrogens with zero attached hydrogens (tertiary/aromatic N) is 10. The van der Waals surface area contributed by atoms with Gasteiger partial charge in [-0.3, -0.25) is 38.3 Å². The number of ether oxygens (including phenoxy) is 2. The highest BCUT2D eigenvalue weighted by molar-refractivity contribution is 7.15. The molecule has 6 amide bonds. The van der Waals surface area contributed by atoms with Gasteiger partial charge in [-0.1, -0.05) is 23.7 Å². The van der Waals surface area contributed by atoms with Gasteiger partial charge in [0, 0.05) is 105 Å². The van der Waals surface area contributed by atoms with Gasteiger partial charge in [-0.2, -0.15) is 0 Å². The van der Waals surface area contributed by atoms with E-state index in [4.69, 9.17) is 26.1 Å². The van der Waals surface area contributed by atoms with Crippen molar-refractivity contribution in [3.63, 3.8) is 0 Å². The fourth-order valence-corrected chi connectivity index (χ4v) is 10.3. The molecular formula is C56H67ClN16O8S. The van der Waals surface area contributed by atoms with E-state index in [2.05, 4.69) is 70.8 Å². The summed E-state index contributed by atoms with van der Waals surface area (Å²) >= 11 is 7.90. The summed E-state index contributed by atoms with van der Waals surface area (Å²) < 4.78 is 18.2. The smallest absolute Gasteiger partial charge is 0.291 e. The van der Waals surface area contributed by atoms with E-state index in [1.165, 1.54) is 23.0 Å². The van der Waals surface area contributed by atoms with Crippen LogP contribution in [0.5, 0.6) is 5.75 Å². The van der Waals surface area contributed by atoms with Gasteiger partial charge in [-0.25, -0.2) is 9.97 Å². The number of aryl methyl sites for hydroxylation is 5. The summed E-state index contributed by atoms with van der Waals surface area (Å²) in [5, 5.41) is 27.3. The number of halogens is 1. The molecule has 0 fully saturated rings. The molecule has 7 aromatic rings. The Balaban J connectivity index is 0.649. The number of amides is 6. The second-order valence-corrected chi connectivity index (χ2v) is 21.3. The molecule has 82 heavy (non-hydrogen) atoms. The van der Waals surface area contributed by atoms with Crippen molar-refractivity contribution < 1.29 is 38.2 Å². The van der Waals surface area contributed by atoms with E-state index < -0.39 is 23.8 Å². The molecule has 5 aromatic heterocycles. The number of carbonyl (C=O) groups excluding carboxylic acids is 6. The molecule has 0 spiro atoms. The number of imidazole rings is 2. The zero-order valence-corrected chi connectivity index (χ0v) is 48.4. The van der Waals surface area contributed by atoms with E-state index in [1.807, 2.05) is 42.8 Å². The Bertz CT molecular complexity index is 3450. The molecule has 8 rings (SSSR count). The molecule has 0 bridgehead atoms. The first-order chi connectivity index (χ1) is 39.4. The molecule has 6 N–H and O–H groups in total. The van der Waals surface area contributed by atoms with Gasteiger partial charge in [0.1, 0.15) is 34.9 Å². The molecule has 432 valence electrons. The molecule has 1 aliphatic rings. The number of aliphatic imine (C=N–C) groups is 1. The number of nitrogens with one attached hydrogen (secondary N) is 6. The van der Waals surface area contributed by atoms with Gasteiger partial charge in [0.05, 0.1) is 31.0 Å². The molecule has 0 unspecified atom stereocenters. The lowest BCUT2D eigenvalue weighted by atomic mass is 9.99. The van der Waals surface area contributed by atoms with Crippen molar-refractivity contribution in [3.8, 4) is 10.8 Å². The first-order valence-corrected chi connectivity index (χ1v) is 27.9. The largest absolute Gasteiger partial charge is 0.491 e. The van der Waals surface area contributed by atoms with Gasteiger partial charge in [0.2, 0.25) is 23.5 Å². The number of rotatable bonds is 27. The maximum Gasteiger partial charge on any atom is 0.291 e. The molecule has 2 aromatic carbocycles. The zero-order valence-electron chi connectivity index (χ0n) is 46.8. The monoisotopic (exact) mass is 1160 g/mol. The Morgan fingerprint density at radius 2 is 1.45 bits per heavy atom. The molecule has 0 saturated carbocycles. The molecule has 0 aliphatic carbocycles. The molecule has 26 heteroatoms. The Morgan fingerprint density at radius 1 is 0.720 bits per heavy atom. The number of fused-ring (bicyclic) bond motifs is 3. The summed E-state index contributed by atoms with van der Waals surface area (Å²) in [5.74, 6) is 0.479. The number of hydrogen-bond acceptors (Lipinski definition) is 15. The lowest BCUT2D eigenvalue weighted by Gasteiger charge is -2.16. The van der Waals surface area contributed by atoms with Crippen molar-refractivity contribution in [2.24, 2.45) is 26.1 Å². The fraction of sp³-hybridized carbons (Fsp3) is 0.375. The van der Waals surface area contributed by atoms with Crippen LogP contribution < -0.4 is 36.6 Å². The summed E-state index contributed by atoms with van der Waals surface area (Å²) in [6.07, 6.45) is 7.92. The van der Waals surface area contributed by atoms with Crippen LogP contribution in [0.4, 0.5) is 17.2 Å². The second-order valence-electron chi connectivity index (χ2n) is 19.7. The van der Waals surface area contributed by atoms with Gasteiger partial charge < -0.3 is 60.0 Å². The van der Waals surface area contributed by atoms with Gasteiger partial charge in [-0.15, -0.1) is 21.5 Å².